The zero-order valence-electron chi connectivity index (χ0n) is 18.9. The predicted molar refractivity (Wildman–Crippen MR) is 119 cm³/mol. The average Bonchev–Trinajstić information content (AvgIpc) is 3.14. The topological polar surface area (TPSA) is 82.2 Å². The Morgan fingerprint density at radius 2 is 1.84 bits per heavy atom. The van der Waals surface area contributed by atoms with Crippen LogP contribution < -0.4 is 10.2 Å². The van der Waals surface area contributed by atoms with Crippen molar-refractivity contribution < 1.29 is 19.1 Å². The molecule has 1 aromatic rings. The molecule has 1 unspecified atom stereocenters. The van der Waals surface area contributed by atoms with Crippen LogP contribution in [-0.4, -0.2) is 87.1 Å². The summed E-state index contributed by atoms with van der Waals surface area (Å²) in [5, 5.41) is 2.89. The molecule has 1 atom stereocenters. The molecule has 0 radical (unpaired) electrons. The molecule has 1 N–H and O–H groups in total. The fourth-order valence-electron chi connectivity index (χ4n) is 4.11. The lowest BCUT2D eigenvalue weighted by Crippen LogP contribution is -2.53. The summed E-state index contributed by atoms with van der Waals surface area (Å²) in [7, 11) is 1.64. The Kier molecular flexibility index (Phi) is 8.03. The van der Waals surface area contributed by atoms with Crippen molar-refractivity contribution in [3.8, 4) is 0 Å². The van der Waals surface area contributed by atoms with Gasteiger partial charge in [-0.15, -0.1) is 0 Å². The number of aryl methyl sites for hydroxylation is 2. The van der Waals surface area contributed by atoms with Gasteiger partial charge in [0.1, 0.15) is 5.92 Å². The van der Waals surface area contributed by atoms with Crippen LogP contribution >= 0.6 is 0 Å². The number of piperazine rings is 1. The maximum absolute atomic E-state index is 13.0. The first-order valence-electron chi connectivity index (χ1n) is 11.1. The second-order valence-electron chi connectivity index (χ2n) is 8.40. The van der Waals surface area contributed by atoms with Gasteiger partial charge in [-0.2, -0.15) is 0 Å². The van der Waals surface area contributed by atoms with E-state index in [1.807, 2.05) is 36.9 Å². The molecule has 1 aromatic carbocycles. The van der Waals surface area contributed by atoms with Gasteiger partial charge in [-0.05, 0) is 49.9 Å². The number of ether oxygens (including phenoxy) is 1. The van der Waals surface area contributed by atoms with Crippen LogP contribution in [-0.2, 0) is 19.1 Å². The van der Waals surface area contributed by atoms with Gasteiger partial charge in [-0.3, -0.25) is 19.3 Å². The van der Waals surface area contributed by atoms with Crippen molar-refractivity contribution in [2.24, 2.45) is 5.92 Å². The first-order chi connectivity index (χ1) is 14.9. The minimum atomic E-state index is -0.600. The standard InChI is InChI=1S/C23H34N4O4/c1-17-5-6-19(15-18(17)2)27-9-7-20(23(27)30)22(29)26-12-10-25(11-13-26)16-21(28)24-8-4-14-31-3/h5-6,15,20H,4,7-14,16H2,1-3H3,(H,24,28). The van der Waals surface area contributed by atoms with Crippen LogP contribution in [0.5, 0.6) is 0 Å². The molecule has 2 aliphatic heterocycles. The Morgan fingerprint density at radius 3 is 2.52 bits per heavy atom. The number of hydrogen-bond acceptors (Lipinski definition) is 5. The average molecular weight is 431 g/mol. The van der Waals surface area contributed by atoms with Crippen LogP contribution in [0.4, 0.5) is 5.69 Å². The molecule has 3 rings (SSSR count). The largest absolute Gasteiger partial charge is 0.385 e. The van der Waals surface area contributed by atoms with Crippen LogP contribution in [0.2, 0.25) is 0 Å². The number of methoxy groups -OCH3 is 1. The van der Waals surface area contributed by atoms with Gasteiger partial charge in [0.15, 0.2) is 0 Å². The Labute approximate surface area is 184 Å². The van der Waals surface area contributed by atoms with Crippen molar-refractivity contribution >= 4 is 23.4 Å². The number of nitrogens with one attached hydrogen (secondary N) is 1. The molecular weight excluding hydrogens is 396 g/mol. The highest BCUT2D eigenvalue weighted by Gasteiger charge is 2.40. The summed E-state index contributed by atoms with van der Waals surface area (Å²) in [6, 6.07) is 5.98. The molecule has 0 saturated carbocycles. The molecule has 2 heterocycles. The zero-order chi connectivity index (χ0) is 22.4. The number of benzene rings is 1. The summed E-state index contributed by atoms with van der Waals surface area (Å²) in [5.41, 5.74) is 3.19. The molecule has 0 aliphatic carbocycles. The summed E-state index contributed by atoms with van der Waals surface area (Å²) < 4.78 is 4.97. The van der Waals surface area contributed by atoms with E-state index in [0.29, 0.717) is 58.8 Å². The minimum Gasteiger partial charge on any atom is -0.385 e. The van der Waals surface area contributed by atoms with Crippen molar-refractivity contribution in [1.82, 2.24) is 15.1 Å². The van der Waals surface area contributed by atoms with Gasteiger partial charge in [0.2, 0.25) is 17.7 Å². The van der Waals surface area contributed by atoms with Gasteiger partial charge in [-0.25, -0.2) is 0 Å². The van der Waals surface area contributed by atoms with Gasteiger partial charge >= 0.3 is 0 Å². The van der Waals surface area contributed by atoms with Crippen LogP contribution in [0.3, 0.4) is 0 Å². The van der Waals surface area contributed by atoms with Crippen molar-refractivity contribution in [2.45, 2.75) is 26.7 Å². The molecule has 2 saturated heterocycles. The summed E-state index contributed by atoms with van der Waals surface area (Å²) in [4.78, 5) is 43.6. The maximum Gasteiger partial charge on any atom is 0.239 e. The molecule has 8 nitrogen and oxygen atoms in total. The first-order valence-corrected chi connectivity index (χ1v) is 11.1. The van der Waals surface area contributed by atoms with Gasteiger partial charge in [0.05, 0.1) is 6.54 Å². The monoisotopic (exact) mass is 430 g/mol. The highest BCUT2D eigenvalue weighted by molar-refractivity contribution is 6.09. The lowest BCUT2D eigenvalue weighted by molar-refractivity contribution is -0.141. The molecule has 3 amide bonds. The molecule has 0 spiro atoms. The van der Waals surface area contributed by atoms with Crippen LogP contribution in [0.25, 0.3) is 0 Å². The minimum absolute atomic E-state index is 0.00844. The van der Waals surface area contributed by atoms with E-state index in [1.165, 1.54) is 5.56 Å². The molecule has 8 heteroatoms. The fraction of sp³-hybridized carbons (Fsp3) is 0.609. The zero-order valence-corrected chi connectivity index (χ0v) is 18.9. The lowest BCUT2D eigenvalue weighted by Gasteiger charge is -2.35. The van der Waals surface area contributed by atoms with E-state index in [1.54, 1.807) is 16.9 Å². The van der Waals surface area contributed by atoms with Crippen molar-refractivity contribution in [3.05, 3.63) is 29.3 Å². The second kappa shape index (κ2) is 10.7. The van der Waals surface area contributed by atoms with E-state index in [-0.39, 0.29) is 17.7 Å². The highest BCUT2D eigenvalue weighted by Crippen LogP contribution is 2.28. The quantitative estimate of drug-likeness (QED) is 0.491. The van der Waals surface area contributed by atoms with Crippen LogP contribution in [0.1, 0.15) is 24.0 Å². The normalized spacial score (nSPS) is 19.7. The van der Waals surface area contributed by atoms with Gasteiger partial charge < -0.3 is 19.9 Å². The van der Waals surface area contributed by atoms with Gasteiger partial charge in [0.25, 0.3) is 0 Å². The van der Waals surface area contributed by atoms with Crippen molar-refractivity contribution in [3.63, 3.8) is 0 Å². The van der Waals surface area contributed by atoms with E-state index in [9.17, 15) is 14.4 Å². The molecule has 2 aliphatic rings. The van der Waals surface area contributed by atoms with Crippen molar-refractivity contribution in [2.75, 3.05) is 64.4 Å². The molecule has 2 fully saturated rings. The maximum atomic E-state index is 13.0. The second-order valence-corrected chi connectivity index (χ2v) is 8.40. The van der Waals surface area contributed by atoms with E-state index in [0.717, 1.165) is 17.7 Å². The van der Waals surface area contributed by atoms with Gasteiger partial charge in [-0.1, -0.05) is 6.07 Å². The van der Waals surface area contributed by atoms with Crippen molar-refractivity contribution in [1.29, 1.82) is 0 Å². The summed E-state index contributed by atoms with van der Waals surface area (Å²) in [6.45, 7) is 8.57. The van der Waals surface area contributed by atoms with E-state index >= 15 is 0 Å². The van der Waals surface area contributed by atoms with Crippen LogP contribution in [0, 0.1) is 19.8 Å². The fourth-order valence-corrected chi connectivity index (χ4v) is 4.11. The number of anilines is 1. The Bertz CT molecular complexity index is 805. The van der Waals surface area contributed by atoms with Gasteiger partial charge in [0, 0.05) is 58.7 Å². The number of amides is 3. The number of rotatable bonds is 8. The number of nitrogens with zero attached hydrogens (tertiary/aromatic N) is 3. The Morgan fingerprint density at radius 1 is 1.10 bits per heavy atom. The van der Waals surface area contributed by atoms with E-state index < -0.39 is 5.92 Å². The Hall–Kier alpha value is -2.45. The third-order valence-corrected chi connectivity index (χ3v) is 6.20. The molecular formula is C23H34N4O4. The summed E-state index contributed by atoms with van der Waals surface area (Å²) in [6.07, 6.45) is 1.34. The van der Waals surface area contributed by atoms with E-state index in [2.05, 4.69) is 5.32 Å². The number of carbonyl (C=O) groups is 3. The molecule has 0 aromatic heterocycles. The first kappa shape index (κ1) is 23.2. The smallest absolute Gasteiger partial charge is 0.239 e. The summed E-state index contributed by atoms with van der Waals surface area (Å²) in [5.74, 6) is -0.797. The summed E-state index contributed by atoms with van der Waals surface area (Å²) >= 11 is 0. The Balaban J connectivity index is 1.47. The third kappa shape index (κ3) is 5.83. The highest BCUT2D eigenvalue weighted by atomic mass is 16.5. The molecule has 0 bridgehead atoms. The van der Waals surface area contributed by atoms with Crippen LogP contribution in [0.15, 0.2) is 18.2 Å². The number of hydrogen-bond donors (Lipinski definition) is 1. The molecule has 170 valence electrons. The lowest BCUT2D eigenvalue weighted by atomic mass is 10.1. The third-order valence-electron chi connectivity index (χ3n) is 6.20. The molecule has 31 heavy (non-hydrogen) atoms. The number of carbonyl (C=O) groups excluding carboxylic acids is 3. The predicted octanol–water partition coefficient (Wildman–Crippen LogP) is 0.953. The SMILES string of the molecule is COCCCNC(=O)CN1CCN(C(=O)C2CCN(c3ccc(C)c(C)c3)C2=O)CC1. The van der Waals surface area contributed by atoms with E-state index in [4.69, 9.17) is 4.74 Å².